The number of hydrogen-bond donors (Lipinski definition) is 0. The Morgan fingerprint density at radius 1 is 1.00 bits per heavy atom. The Balaban J connectivity index is 2.12. The molecule has 16 heavy (non-hydrogen) atoms. The van der Waals surface area contributed by atoms with Crippen LogP contribution in [0.2, 0.25) is 0 Å². The number of likely N-dealkylation sites (tertiary alicyclic amines) is 1. The fourth-order valence-electron chi connectivity index (χ4n) is 2.78. The second-order valence-corrected chi connectivity index (χ2v) is 6.54. The quantitative estimate of drug-likeness (QED) is 0.630. The minimum Gasteiger partial charge on any atom is -0.303 e. The van der Waals surface area contributed by atoms with Crippen LogP contribution >= 0.6 is 0 Å². The molecule has 0 unspecified atom stereocenters. The van der Waals surface area contributed by atoms with Crippen LogP contribution in [-0.2, 0) is 0 Å². The van der Waals surface area contributed by atoms with E-state index in [0.717, 1.165) is 5.92 Å². The topological polar surface area (TPSA) is 3.24 Å². The van der Waals surface area contributed by atoms with Crippen LogP contribution in [0.5, 0.6) is 0 Å². The van der Waals surface area contributed by atoms with Crippen LogP contribution in [0.3, 0.4) is 0 Å². The summed E-state index contributed by atoms with van der Waals surface area (Å²) in [5.41, 5.74) is 0.522. The number of hydrogen-bond acceptors (Lipinski definition) is 1. The van der Waals surface area contributed by atoms with Gasteiger partial charge in [0.25, 0.3) is 0 Å². The highest BCUT2D eigenvalue weighted by Gasteiger charge is 2.28. The highest BCUT2D eigenvalue weighted by Crippen LogP contribution is 2.34. The molecule has 1 saturated heterocycles. The summed E-state index contributed by atoms with van der Waals surface area (Å²) in [5.74, 6) is 0.944. The van der Waals surface area contributed by atoms with Gasteiger partial charge < -0.3 is 4.90 Å². The highest BCUT2D eigenvalue weighted by atomic mass is 15.1. The second-order valence-electron chi connectivity index (χ2n) is 6.54. The summed E-state index contributed by atoms with van der Waals surface area (Å²) in [6.45, 7) is 13.5. The van der Waals surface area contributed by atoms with Gasteiger partial charge in [-0.1, -0.05) is 47.0 Å². The van der Waals surface area contributed by atoms with Crippen LogP contribution in [0.4, 0.5) is 0 Å². The zero-order chi connectivity index (χ0) is 12.0. The molecule has 0 aromatic rings. The molecule has 0 spiro atoms. The van der Waals surface area contributed by atoms with Crippen LogP contribution in [0.15, 0.2) is 0 Å². The van der Waals surface area contributed by atoms with Gasteiger partial charge in [-0.15, -0.1) is 0 Å². The summed E-state index contributed by atoms with van der Waals surface area (Å²) in [7, 11) is 0. The SMILES string of the molecule is CCCCCCN1CCC(C(C)(C)C)CC1. The molecule has 0 saturated carbocycles. The molecule has 1 aliphatic rings. The van der Waals surface area contributed by atoms with Crippen molar-refractivity contribution in [2.75, 3.05) is 19.6 Å². The predicted octanol–water partition coefficient (Wildman–Crippen LogP) is 4.32. The van der Waals surface area contributed by atoms with Crippen LogP contribution in [0.1, 0.15) is 66.2 Å². The van der Waals surface area contributed by atoms with E-state index in [1.54, 1.807) is 0 Å². The van der Waals surface area contributed by atoms with Crippen molar-refractivity contribution < 1.29 is 0 Å². The Labute approximate surface area is 103 Å². The molecule has 1 heteroatoms. The normalized spacial score (nSPS) is 20.2. The van der Waals surface area contributed by atoms with Crippen molar-refractivity contribution in [2.24, 2.45) is 11.3 Å². The summed E-state index contributed by atoms with van der Waals surface area (Å²) < 4.78 is 0. The van der Waals surface area contributed by atoms with E-state index >= 15 is 0 Å². The molecule has 1 heterocycles. The third-order valence-corrected chi connectivity index (χ3v) is 4.14. The van der Waals surface area contributed by atoms with Crippen molar-refractivity contribution in [1.29, 1.82) is 0 Å². The van der Waals surface area contributed by atoms with Crippen LogP contribution in [0, 0.1) is 11.3 Å². The first-order valence-corrected chi connectivity index (χ1v) is 7.26. The molecular weight excluding hydrogens is 194 g/mol. The first-order chi connectivity index (χ1) is 7.54. The molecule has 0 aliphatic carbocycles. The van der Waals surface area contributed by atoms with Gasteiger partial charge in [0.2, 0.25) is 0 Å². The fraction of sp³-hybridized carbons (Fsp3) is 1.00. The maximum Gasteiger partial charge on any atom is -0.00159 e. The fourth-order valence-corrected chi connectivity index (χ4v) is 2.78. The van der Waals surface area contributed by atoms with Crippen molar-refractivity contribution in [1.82, 2.24) is 4.90 Å². The minimum absolute atomic E-state index is 0.522. The lowest BCUT2D eigenvalue weighted by Crippen LogP contribution is -2.38. The Morgan fingerprint density at radius 2 is 1.62 bits per heavy atom. The molecule has 1 rings (SSSR count). The van der Waals surface area contributed by atoms with E-state index in [1.807, 2.05) is 0 Å². The first-order valence-electron chi connectivity index (χ1n) is 7.26. The number of unbranched alkanes of at least 4 members (excludes halogenated alkanes) is 3. The zero-order valence-electron chi connectivity index (χ0n) is 11.9. The largest absolute Gasteiger partial charge is 0.303 e. The van der Waals surface area contributed by atoms with Crippen molar-refractivity contribution >= 4 is 0 Å². The molecule has 0 amide bonds. The maximum absolute atomic E-state index is 2.68. The lowest BCUT2D eigenvalue weighted by Gasteiger charge is -2.38. The molecule has 0 atom stereocenters. The monoisotopic (exact) mass is 225 g/mol. The van der Waals surface area contributed by atoms with E-state index in [2.05, 4.69) is 32.6 Å². The average molecular weight is 225 g/mol. The molecule has 0 N–H and O–H groups in total. The Bertz CT molecular complexity index is 172. The van der Waals surface area contributed by atoms with E-state index in [1.165, 1.54) is 58.2 Å². The smallest absolute Gasteiger partial charge is 0.00159 e. The molecule has 0 radical (unpaired) electrons. The molecular formula is C15H31N. The average Bonchev–Trinajstić information content (AvgIpc) is 2.24. The summed E-state index contributed by atoms with van der Waals surface area (Å²) in [4.78, 5) is 2.68. The molecule has 96 valence electrons. The Hall–Kier alpha value is -0.0400. The van der Waals surface area contributed by atoms with E-state index < -0.39 is 0 Å². The van der Waals surface area contributed by atoms with Gasteiger partial charge in [0.15, 0.2) is 0 Å². The molecule has 1 fully saturated rings. The molecule has 0 aromatic heterocycles. The summed E-state index contributed by atoms with van der Waals surface area (Å²) in [6, 6.07) is 0. The number of nitrogens with zero attached hydrogens (tertiary/aromatic N) is 1. The predicted molar refractivity (Wildman–Crippen MR) is 72.8 cm³/mol. The van der Waals surface area contributed by atoms with Gasteiger partial charge in [0.1, 0.15) is 0 Å². The zero-order valence-corrected chi connectivity index (χ0v) is 11.9. The lowest BCUT2D eigenvalue weighted by atomic mass is 9.75. The van der Waals surface area contributed by atoms with E-state index in [-0.39, 0.29) is 0 Å². The van der Waals surface area contributed by atoms with E-state index in [0.29, 0.717) is 5.41 Å². The maximum atomic E-state index is 2.68. The molecule has 0 aromatic carbocycles. The standard InChI is InChI=1S/C15H31N/c1-5-6-7-8-11-16-12-9-14(10-13-16)15(2,3)4/h14H,5-13H2,1-4H3. The van der Waals surface area contributed by atoms with Crippen molar-refractivity contribution in [3.8, 4) is 0 Å². The van der Waals surface area contributed by atoms with Crippen LogP contribution < -0.4 is 0 Å². The third kappa shape index (κ3) is 4.86. The van der Waals surface area contributed by atoms with E-state index in [4.69, 9.17) is 0 Å². The highest BCUT2D eigenvalue weighted by molar-refractivity contribution is 4.80. The van der Waals surface area contributed by atoms with Crippen molar-refractivity contribution in [3.05, 3.63) is 0 Å². The molecule has 1 aliphatic heterocycles. The van der Waals surface area contributed by atoms with Crippen LogP contribution in [-0.4, -0.2) is 24.5 Å². The minimum atomic E-state index is 0.522. The van der Waals surface area contributed by atoms with Gasteiger partial charge >= 0.3 is 0 Å². The van der Waals surface area contributed by atoms with Crippen LogP contribution in [0.25, 0.3) is 0 Å². The van der Waals surface area contributed by atoms with Gasteiger partial charge in [-0.05, 0) is 50.2 Å². The summed E-state index contributed by atoms with van der Waals surface area (Å²) in [5, 5.41) is 0. The van der Waals surface area contributed by atoms with Crippen molar-refractivity contribution in [2.45, 2.75) is 66.2 Å². The number of piperidine rings is 1. The van der Waals surface area contributed by atoms with Gasteiger partial charge in [-0.3, -0.25) is 0 Å². The second kappa shape index (κ2) is 6.64. The molecule has 1 nitrogen and oxygen atoms in total. The first kappa shape index (κ1) is 14.0. The Kier molecular flexibility index (Phi) is 5.82. The number of rotatable bonds is 5. The van der Waals surface area contributed by atoms with Gasteiger partial charge in [-0.25, -0.2) is 0 Å². The van der Waals surface area contributed by atoms with Gasteiger partial charge in [0, 0.05) is 0 Å². The van der Waals surface area contributed by atoms with Gasteiger partial charge in [0.05, 0.1) is 0 Å². The lowest BCUT2D eigenvalue weighted by molar-refractivity contribution is 0.111. The Morgan fingerprint density at radius 3 is 2.12 bits per heavy atom. The summed E-state index contributed by atoms with van der Waals surface area (Å²) >= 11 is 0. The van der Waals surface area contributed by atoms with Gasteiger partial charge in [-0.2, -0.15) is 0 Å². The van der Waals surface area contributed by atoms with E-state index in [9.17, 15) is 0 Å². The van der Waals surface area contributed by atoms with Crippen molar-refractivity contribution in [3.63, 3.8) is 0 Å². The summed E-state index contributed by atoms with van der Waals surface area (Å²) in [6.07, 6.45) is 8.43. The molecule has 0 bridgehead atoms. The third-order valence-electron chi connectivity index (χ3n) is 4.14.